The van der Waals surface area contributed by atoms with E-state index in [2.05, 4.69) is 42.3 Å². The molecular weight excluding hydrogens is 457 g/mol. The number of benzene rings is 2. The molecule has 0 atom stereocenters. The lowest BCUT2D eigenvalue weighted by atomic mass is 10.1. The lowest BCUT2D eigenvalue weighted by Crippen LogP contribution is -2.12. The Bertz CT molecular complexity index is 878. The fourth-order valence-electron chi connectivity index (χ4n) is 2.16. The van der Waals surface area contributed by atoms with Crippen LogP contribution in [0.3, 0.4) is 0 Å². The molecule has 2 aromatic carbocycles. The maximum Gasteiger partial charge on any atom is 0.255 e. The molecule has 3 aromatic rings. The van der Waals surface area contributed by atoms with Crippen molar-refractivity contribution in [2.45, 2.75) is 6.54 Å². The van der Waals surface area contributed by atoms with Crippen LogP contribution < -0.4 is 5.32 Å². The van der Waals surface area contributed by atoms with Crippen molar-refractivity contribution in [3.05, 3.63) is 80.0 Å². The van der Waals surface area contributed by atoms with Crippen LogP contribution in [0.4, 0.5) is 5.69 Å². The van der Waals surface area contributed by atoms with Gasteiger partial charge in [-0.15, -0.1) is 0 Å². The van der Waals surface area contributed by atoms with Gasteiger partial charge < -0.3 is 5.32 Å². The van der Waals surface area contributed by atoms with E-state index in [1.807, 2.05) is 29.1 Å². The minimum absolute atomic E-state index is 0.201. The van der Waals surface area contributed by atoms with Crippen molar-refractivity contribution in [2.24, 2.45) is 0 Å². The zero-order valence-corrected chi connectivity index (χ0v) is 16.3. The van der Waals surface area contributed by atoms with E-state index in [-0.39, 0.29) is 5.91 Å². The first-order valence-electron chi connectivity index (χ1n) is 7.04. The van der Waals surface area contributed by atoms with Gasteiger partial charge in [0.05, 0.1) is 27.9 Å². The van der Waals surface area contributed by atoms with Crippen LogP contribution in [0.5, 0.6) is 0 Å². The van der Waals surface area contributed by atoms with Gasteiger partial charge in [-0.1, -0.05) is 39.7 Å². The van der Waals surface area contributed by atoms with Gasteiger partial charge in [0.15, 0.2) is 0 Å². The fraction of sp³-hybridized carbons (Fsp3) is 0.0588. The molecule has 1 N–H and O–H groups in total. The van der Waals surface area contributed by atoms with Crippen LogP contribution in [0.1, 0.15) is 15.9 Å². The highest BCUT2D eigenvalue weighted by Gasteiger charge is 2.09. The molecule has 0 radical (unpaired) electrons. The molecule has 0 aliphatic heterocycles. The second kappa shape index (κ2) is 7.51. The molecule has 0 saturated heterocycles. The van der Waals surface area contributed by atoms with Crippen LogP contribution in [-0.4, -0.2) is 15.7 Å². The second-order valence-electron chi connectivity index (χ2n) is 5.13. The zero-order chi connectivity index (χ0) is 17.1. The normalized spacial score (nSPS) is 10.6. The smallest absolute Gasteiger partial charge is 0.255 e. The molecule has 0 spiro atoms. The highest BCUT2D eigenvalue weighted by atomic mass is 79.9. The molecule has 1 aromatic heterocycles. The Morgan fingerprint density at radius 2 is 1.88 bits per heavy atom. The van der Waals surface area contributed by atoms with E-state index < -0.39 is 0 Å². The van der Waals surface area contributed by atoms with Gasteiger partial charge in [-0.3, -0.25) is 9.48 Å². The van der Waals surface area contributed by atoms with E-state index in [9.17, 15) is 4.79 Å². The summed E-state index contributed by atoms with van der Waals surface area (Å²) in [5.74, 6) is -0.201. The summed E-state index contributed by atoms with van der Waals surface area (Å²) in [4.78, 5) is 12.3. The second-order valence-corrected chi connectivity index (χ2v) is 7.37. The van der Waals surface area contributed by atoms with E-state index in [4.69, 9.17) is 11.6 Å². The van der Waals surface area contributed by atoms with E-state index >= 15 is 0 Å². The highest BCUT2D eigenvalue weighted by Crippen LogP contribution is 2.26. The van der Waals surface area contributed by atoms with Gasteiger partial charge in [-0.05, 0) is 51.8 Å². The van der Waals surface area contributed by atoms with Gasteiger partial charge in [0, 0.05) is 16.2 Å². The number of hydrogen-bond donors (Lipinski definition) is 1. The molecule has 0 aliphatic rings. The van der Waals surface area contributed by atoms with Crippen molar-refractivity contribution in [3.63, 3.8) is 0 Å². The average Bonchev–Trinajstić information content (AvgIpc) is 2.96. The number of nitrogens with zero attached hydrogens (tertiary/aromatic N) is 2. The average molecular weight is 470 g/mol. The molecule has 122 valence electrons. The van der Waals surface area contributed by atoms with E-state index in [0.717, 1.165) is 14.5 Å². The topological polar surface area (TPSA) is 46.9 Å². The van der Waals surface area contributed by atoms with Crippen molar-refractivity contribution in [2.75, 3.05) is 5.32 Å². The standard InChI is InChI=1S/C17H12Br2ClN3O/c18-13-5-6-16(15(20)7-13)22-17(24)12-3-1-11(2-4-12)9-23-10-14(19)8-21-23/h1-8,10H,9H2,(H,22,24). The van der Waals surface area contributed by atoms with Crippen molar-refractivity contribution in [1.82, 2.24) is 9.78 Å². The molecule has 0 fully saturated rings. The van der Waals surface area contributed by atoms with Gasteiger partial charge in [0.25, 0.3) is 5.91 Å². The molecule has 0 aliphatic carbocycles. The Morgan fingerprint density at radius 1 is 1.12 bits per heavy atom. The molecule has 0 saturated carbocycles. The zero-order valence-electron chi connectivity index (χ0n) is 12.3. The number of hydrogen-bond acceptors (Lipinski definition) is 2. The molecule has 4 nitrogen and oxygen atoms in total. The van der Waals surface area contributed by atoms with Crippen LogP contribution in [0.15, 0.2) is 63.8 Å². The Morgan fingerprint density at radius 3 is 2.50 bits per heavy atom. The predicted molar refractivity (Wildman–Crippen MR) is 103 cm³/mol. The van der Waals surface area contributed by atoms with Crippen molar-refractivity contribution < 1.29 is 4.79 Å². The van der Waals surface area contributed by atoms with E-state index in [1.165, 1.54) is 0 Å². The van der Waals surface area contributed by atoms with E-state index in [1.54, 1.807) is 30.5 Å². The largest absolute Gasteiger partial charge is 0.321 e. The monoisotopic (exact) mass is 467 g/mol. The number of rotatable bonds is 4. The van der Waals surface area contributed by atoms with Crippen LogP contribution in [-0.2, 0) is 6.54 Å². The first kappa shape index (κ1) is 17.2. The molecule has 1 amide bonds. The summed E-state index contributed by atoms with van der Waals surface area (Å²) in [6.45, 7) is 0.645. The summed E-state index contributed by atoms with van der Waals surface area (Å²) in [5, 5.41) is 7.51. The first-order chi connectivity index (χ1) is 11.5. The number of aromatic nitrogens is 2. The van der Waals surface area contributed by atoms with Crippen molar-refractivity contribution in [1.29, 1.82) is 0 Å². The summed E-state index contributed by atoms with van der Waals surface area (Å²) in [7, 11) is 0. The van der Waals surface area contributed by atoms with Gasteiger partial charge in [0.2, 0.25) is 0 Å². The van der Waals surface area contributed by atoms with Gasteiger partial charge in [-0.25, -0.2) is 0 Å². The Kier molecular flexibility index (Phi) is 5.38. The molecule has 7 heteroatoms. The van der Waals surface area contributed by atoms with Crippen molar-refractivity contribution in [3.8, 4) is 0 Å². The maximum atomic E-state index is 12.3. The molecule has 3 rings (SSSR count). The van der Waals surface area contributed by atoms with Gasteiger partial charge in [-0.2, -0.15) is 5.10 Å². The van der Waals surface area contributed by atoms with Gasteiger partial charge in [0.1, 0.15) is 0 Å². The third kappa shape index (κ3) is 4.26. The summed E-state index contributed by atoms with van der Waals surface area (Å²) < 4.78 is 3.62. The number of halogens is 3. The van der Waals surface area contributed by atoms with Gasteiger partial charge >= 0.3 is 0 Å². The Labute approximate surface area is 161 Å². The van der Waals surface area contributed by atoms with Crippen LogP contribution in [0.25, 0.3) is 0 Å². The van der Waals surface area contributed by atoms with Crippen LogP contribution in [0, 0.1) is 0 Å². The summed E-state index contributed by atoms with van der Waals surface area (Å²) in [6, 6.07) is 12.7. The predicted octanol–water partition coefficient (Wildman–Crippen LogP) is 5.36. The fourth-order valence-corrected chi connectivity index (χ4v) is 3.21. The molecule has 0 bridgehead atoms. The summed E-state index contributed by atoms with van der Waals surface area (Å²) in [6.07, 6.45) is 3.64. The summed E-state index contributed by atoms with van der Waals surface area (Å²) >= 11 is 12.8. The minimum atomic E-state index is -0.201. The number of nitrogens with one attached hydrogen (secondary N) is 1. The third-order valence-electron chi connectivity index (χ3n) is 3.34. The minimum Gasteiger partial charge on any atom is -0.321 e. The van der Waals surface area contributed by atoms with Crippen molar-refractivity contribution >= 4 is 55.1 Å². The highest BCUT2D eigenvalue weighted by molar-refractivity contribution is 9.10. The quantitative estimate of drug-likeness (QED) is 0.559. The number of carbonyl (C=O) groups is 1. The maximum absolute atomic E-state index is 12.3. The number of anilines is 1. The third-order valence-corrected chi connectivity index (χ3v) is 4.56. The lowest BCUT2D eigenvalue weighted by Gasteiger charge is -2.08. The first-order valence-corrected chi connectivity index (χ1v) is 9.01. The number of amides is 1. The molecule has 0 unspecified atom stereocenters. The summed E-state index contributed by atoms with van der Waals surface area (Å²) in [5.41, 5.74) is 2.21. The lowest BCUT2D eigenvalue weighted by molar-refractivity contribution is 0.102. The SMILES string of the molecule is O=C(Nc1ccc(Br)cc1Cl)c1ccc(Cn2cc(Br)cn2)cc1. The molecular formula is C17H12Br2ClN3O. The van der Waals surface area contributed by atoms with Crippen LogP contribution >= 0.6 is 43.5 Å². The molecule has 24 heavy (non-hydrogen) atoms. The van der Waals surface area contributed by atoms with Crippen LogP contribution in [0.2, 0.25) is 5.02 Å². The number of carbonyl (C=O) groups excluding carboxylic acids is 1. The van der Waals surface area contributed by atoms with E-state index in [0.29, 0.717) is 22.8 Å². The molecule has 1 heterocycles. The Hall–Kier alpha value is -1.63. The Balaban J connectivity index is 1.69.